The fourth-order valence-electron chi connectivity index (χ4n) is 3.81. The smallest absolute Gasteiger partial charge is 0.299 e. The molecular weight excluding hydrogens is 423 g/mol. The van der Waals surface area contributed by atoms with Crippen molar-refractivity contribution in [3.63, 3.8) is 0 Å². The van der Waals surface area contributed by atoms with Gasteiger partial charge in [-0.1, -0.05) is 15.9 Å². The molecule has 1 heterocycles. The fraction of sp³-hybridized carbons (Fsp3) is 0.562. The van der Waals surface area contributed by atoms with Crippen molar-refractivity contribution in [3.8, 4) is 0 Å². The molecular formula is C16H17BrF3NO3S. The van der Waals surface area contributed by atoms with Crippen molar-refractivity contribution in [1.29, 1.82) is 0 Å². The maximum absolute atomic E-state index is 13.3. The third kappa shape index (κ3) is 3.38. The van der Waals surface area contributed by atoms with Crippen LogP contribution in [-0.4, -0.2) is 31.6 Å². The highest BCUT2D eigenvalue weighted by Crippen LogP contribution is 2.44. The van der Waals surface area contributed by atoms with E-state index in [0.29, 0.717) is 32.1 Å². The predicted octanol–water partition coefficient (Wildman–Crippen LogP) is 3.99. The second kappa shape index (κ2) is 6.35. The quantitative estimate of drug-likeness (QED) is 0.699. The number of carbonyl (C=O) groups excluding carboxylic acids is 1. The zero-order valence-corrected chi connectivity index (χ0v) is 15.7. The second-order valence-corrected chi connectivity index (χ2v) is 9.46. The first-order valence-electron chi connectivity index (χ1n) is 7.96. The molecule has 1 atom stereocenters. The lowest BCUT2D eigenvalue weighted by atomic mass is 9.78. The van der Waals surface area contributed by atoms with Crippen molar-refractivity contribution in [2.75, 3.05) is 13.1 Å². The van der Waals surface area contributed by atoms with Crippen LogP contribution in [0.1, 0.15) is 37.7 Å². The number of rotatable bonds is 2. The molecule has 0 aromatic heterocycles. The number of ketones is 1. The molecule has 1 aliphatic carbocycles. The minimum Gasteiger partial charge on any atom is -0.299 e. The van der Waals surface area contributed by atoms with Crippen LogP contribution in [0, 0.1) is 5.41 Å². The largest absolute Gasteiger partial charge is 0.417 e. The molecule has 0 amide bonds. The first-order valence-corrected chi connectivity index (χ1v) is 10.2. The van der Waals surface area contributed by atoms with Crippen LogP contribution in [0.5, 0.6) is 0 Å². The minimum atomic E-state index is -4.79. The van der Waals surface area contributed by atoms with Crippen LogP contribution >= 0.6 is 15.9 Å². The van der Waals surface area contributed by atoms with Crippen LogP contribution in [-0.2, 0) is 21.0 Å². The van der Waals surface area contributed by atoms with Crippen LogP contribution < -0.4 is 0 Å². The first-order chi connectivity index (χ1) is 11.6. The third-order valence-corrected chi connectivity index (χ3v) is 7.45. The van der Waals surface area contributed by atoms with Crippen molar-refractivity contribution in [3.05, 3.63) is 28.2 Å². The summed E-state index contributed by atoms with van der Waals surface area (Å²) in [5.74, 6) is 0.0271. The Morgan fingerprint density at radius 2 is 1.84 bits per heavy atom. The van der Waals surface area contributed by atoms with Gasteiger partial charge in [0.15, 0.2) is 0 Å². The molecule has 138 valence electrons. The van der Waals surface area contributed by atoms with Crippen molar-refractivity contribution in [1.82, 2.24) is 4.31 Å². The monoisotopic (exact) mass is 439 g/mol. The first kappa shape index (κ1) is 18.8. The SMILES string of the molecule is O=C1CCCC12CCCN(S(=O)(=O)c1ccc(Br)cc1C(F)(F)F)C2. The van der Waals surface area contributed by atoms with Gasteiger partial charge in [0.1, 0.15) is 5.78 Å². The standard InChI is InChI=1S/C16H17BrF3NO3S/c17-11-4-5-13(12(9-11)16(18,19)20)25(23,24)21-8-2-7-15(10-21)6-1-3-14(15)22/h4-5,9H,1-3,6-8,10H2. The highest BCUT2D eigenvalue weighted by atomic mass is 79.9. The summed E-state index contributed by atoms with van der Waals surface area (Å²) in [6, 6.07) is 3.02. The molecule has 1 aliphatic heterocycles. The third-order valence-electron chi connectivity index (χ3n) is 5.06. The molecule has 2 aliphatic rings. The predicted molar refractivity (Wildman–Crippen MR) is 88.4 cm³/mol. The van der Waals surface area contributed by atoms with Gasteiger partial charge in [0, 0.05) is 29.4 Å². The van der Waals surface area contributed by atoms with Crippen molar-refractivity contribution in [2.45, 2.75) is 43.2 Å². The number of carbonyl (C=O) groups is 1. The lowest BCUT2D eigenvalue weighted by Gasteiger charge is -2.38. The van der Waals surface area contributed by atoms with E-state index in [1.54, 1.807) is 0 Å². The second-order valence-electron chi connectivity index (χ2n) is 6.64. The maximum Gasteiger partial charge on any atom is 0.417 e. The highest BCUT2D eigenvalue weighted by Gasteiger charge is 2.48. The normalized spacial score (nSPS) is 25.7. The summed E-state index contributed by atoms with van der Waals surface area (Å²) in [6.07, 6.45) is -1.99. The molecule has 0 radical (unpaired) electrons. The number of halogens is 4. The summed E-state index contributed by atoms with van der Waals surface area (Å²) in [6.45, 7) is 0.103. The summed E-state index contributed by atoms with van der Waals surface area (Å²) in [5, 5.41) is 0. The van der Waals surface area contributed by atoms with E-state index >= 15 is 0 Å². The molecule has 0 N–H and O–H groups in total. The molecule has 1 unspecified atom stereocenters. The van der Waals surface area contributed by atoms with Crippen molar-refractivity contribution in [2.24, 2.45) is 5.41 Å². The van der Waals surface area contributed by atoms with E-state index in [-0.39, 0.29) is 23.3 Å². The van der Waals surface area contributed by atoms with Crippen molar-refractivity contribution < 1.29 is 26.4 Å². The molecule has 3 rings (SSSR count). The molecule has 9 heteroatoms. The Kier molecular flexibility index (Phi) is 4.79. The van der Waals surface area contributed by atoms with Gasteiger partial charge in [-0.2, -0.15) is 17.5 Å². The summed E-state index contributed by atoms with van der Waals surface area (Å²) < 4.78 is 67.0. The number of alkyl halides is 3. The van der Waals surface area contributed by atoms with E-state index in [4.69, 9.17) is 0 Å². The van der Waals surface area contributed by atoms with Gasteiger partial charge < -0.3 is 0 Å². The number of hydrogen-bond acceptors (Lipinski definition) is 3. The number of sulfonamides is 1. The molecule has 1 saturated heterocycles. The molecule has 25 heavy (non-hydrogen) atoms. The van der Waals surface area contributed by atoms with Gasteiger partial charge in [0.05, 0.1) is 10.5 Å². The summed E-state index contributed by atoms with van der Waals surface area (Å²) in [5.41, 5.74) is -1.92. The summed E-state index contributed by atoms with van der Waals surface area (Å²) in [7, 11) is -4.34. The number of Topliss-reactive ketones (excluding diaryl/α,β-unsaturated/α-hetero) is 1. The maximum atomic E-state index is 13.3. The Hall–Kier alpha value is -0.930. The van der Waals surface area contributed by atoms with Gasteiger partial charge >= 0.3 is 6.18 Å². The van der Waals surface area contributed by atoms with Gasteiger partial charge in [-0.3, -0.25) is 4.79 Å². The Bertz CT molecular complexity index is 809. The average Bonchev–Trinajstić information content (AvgIpc) is 2.86. The highest BCUT2D eigenvalue weighted by molar-refractivity contribution is 9.10. The van der Waals surface area contributed by atoms with Crippen LogP contribution in [0.4, 0.5) is 13.2 Å². The summed E-state index contributed by atoms with van der Waals surface area (Å²) in [4.78, 5) is 11.5. The van der Waals surface area contributed by atoms with E-state index in [1.807, 2.05) is 0 Å². The van der Waals surface area contributed by atoms with E-state index in [1.165, 1.54) is 6.07 Å². The summed E-state index contributed by atoms with van der Waals surface area (Å²) >= 11 is 2.96. The van der Waals surface area contributed by atoms with E-state index in [0.717, 1.165) is 16.4 Å². The van der Waals surface area contributed by atoms with Gasteiger partial charge in [0.25, 0.3) is 0 Å². The topological polar surface area (TPSA) is 54.5 Å². The number of piperidine rings is 1. The van der Waals surface area contributed by atoms with E-state index < -0.39 is 32.1 Å². The van der Waals surface area contributed by atoms with Gasteiger partial charge in [0.2, 0.25) is 10.0 Å². The van der Waals surface area contributed by atoms with Crippen LogP contribution in [0.25, 0.3) is 0 Å². The zero-order valence-electron chi connectivity index (χ0n) is 13.3. The van der Waals surface area contributed by atoms with Crippen LogP contribution in [0.3, 0.4) is 0 Å². The van der Waals surface area contributed by atoms with Gasteiger partial charge in [-0.25, -0.2) is 8.42 Å². The Labute approximate surface area is 152 Å². The van der Waals surface area contributed by atoms with E-state index in [2.05, 4.69) is 15.9 Å². The molecule has 2 fully saturated rings. The van der Waals surface area contributed by atoms with E-state index in [9.17, 15) is 26.4 Å². The lowest BCUT2D eigenvalue weighted by molar-refractivity contribution is -0.140. The van der Waals surface area contributed by atoms with Crippen LogP contribution in [0.2, 0.25) is 0 Å². The van der Waals surface area contributed by atoms with Gasteiger partial charge in [-0.05, 0) is 43.9 Å². The molecule has 1 spiro atoms. The number of hydrogen-bond donors (Lipinski definition) is 0. The Morgan fingerprint density at radius 1 is 1.16 bits per heavy atom. The number of nitrogens with zero attached hydrogens (tertiary/aromatic N) is 1. The molecule has 1 aromatic carbocycles. The Balaban J connectivity index is 2.01. The zero-order chi connectivity index (χ0) is 18.5. The lowest BCUT2D eigenvalue weighted by Crippen LogP contribution is -2.48. The minimum absolute atomic E-state index is 0.0263. The molecule has 1 aromatic rings. The molecule has 0 bridgehead atoms. The fourth-order valence-corrected chi connectivity index (χ4v) is 5.92. The Morgan fingerprint density at radius 3 is 2.44 bits per heavy atom. The van der Waals surface area contributed by atoms with Crippen LogP contribution in [0.15, 0.2) is 27.6 Å². The molecule has 1 saturated carbocycles. The molecule has 4 nitrogen and oxygen atoms in total. The average molecular weight is 440 g/mol. The van der Waals surface area contributed by atoms with Crippen molar-refractivity contribution >= 4 is 31.7 Å². The number of benzene rings is 1. The van der Waals surface area contributed by atoms with Gasteiger partial charge in [-0.15, -0.1) is 0 Å².